The highest BCUT2D eigenvalue weighted by Gasteiger charge is 2.42. The van der Waals surface area contributed by atoms with Crippen LogP contribution < -0.4 is 5.73 Å². The van der Waals surface area contributed by atoms with Crippen molar-refractivity contribution in [2.45, 2.75) is 30.9 Å². The Hall–Kier alpha value is -0.910. The lowest BCUT2D eigenvalue weighted by Gasteiger charge is -2.39. The van der Waals surface area contributed by atoms with Crippen LogP contribution in [0.2, 0.25) is 0 Å². The van der Waals surface area contributed by atoms with E-state index in [9.17, 15) is 0 Å². The van der Waals surface area contributed by atoms with Gasteiger partial charge in [0.2, 0.25) is 0 Å². The van der Waals surface area contributed by atoms with Crippen molar-refractivity contribution < 1.29 is 9.47 Å². The zero-order valence-corrected chi connectivity index (χ0v) is 10.8. The molecule has 3 rings (SSSR count). The first kappa shape index (κ1) is 12.1. The van der Waals surface area contributed by atoms with E-state index in [1.165, 1.54) is 0 Å². The van der Waals surface area contributed by atoms with Crippen molar-refractivity contribution in [3.63, 3.8) is 0 Å². The summed E-state index contributed by atoms with van der Waals surface area (Å²) in [6, 6.07) is 2.05. The van der Waals surface area contributed by atoms with Gasteiger partial charge in [0.15, 0.2) is 0 Å². The van der Waals surface area contributed by atoms with E-state index in [2.05, 4.69) is 5.10 Å². The van der Waals surface area contributed by atoms with Gasteiger partial charge in [0, 0.05) is 38.9 Å². The third-order valence-electron chi connectivity index (χ3n) is 4.31. The van der Waals surface area contributed by atoms with Crippen molar-refractivity contribution in [2.24, 2.45) is 18.7 Å². The molecule has 2 N–H and O–H groups in total. The molecule has 5 nitrogen and oxygen atoms in total. The minimum absolute atomic E-state index is 0.0406. The fourth-order valence-corrected chi connectivity index (χ4v) is 3.19. The molecule has 1 spiro atoms. The van der Waals surface area contributed by atoms with Crippen LogP contribution in [-0.2, 0) is 16.5 Å². The maximum Gasteiger partial charge on any atom is 0.0940 e. The molecule has 2 aliphatic heterocycles. The average Bonchev–Trinajstić information content (AvgIpc) is 2.98. The monoisotopic (exact) mass is 251 g/mol. The van der Waals surface area contributed by atoms with E-state index in [0.29, 0.717) is 5.92 Å². The van der Waals surface area contributed by atoms with Crippen LogP contribution in [0.15, 0.2) is 12.3 Å². The summed E-state index contributed by atoms with van der Waals surface area (Å²) >= 11 is 0. The van der Waals surface area contributed by atoms with Gasteiger partial charge in [-0.25, -0.2) is 0 Å². The first-order valence-corrected chi connectivity index (χ1v) is 6.65. The van der Waals surface area contributed by atoms with Gasteiger partial charge in [-0.3, -0.25) is 4.68 Å². The van der Waals surface area contributed by atoms with E-state index < -0.39 is 0 Å². The molecule has 1 aromatic rings. The minimum Gasteiger partial charge on any atom is -0.378 e. The third-order valence-corrected chi connectivity index (χ3v) is 4.31. The Labute approximate surface area is 107 Å². The fraction of sp³-hybridized carbons (Fsp3) is 0.769. The first-order chi connectivity index (χ1) is 8.70. The Bertz CT molecular complexity index is 412. The molecule has 100 valence electrons. The Morgan fingerprint density at radius 1 is 1.56 bits per heavy atom. The van der Waals surface area contributed by atoms with Gasteiger partial charge < -0.3 is 15.2 Å². The molecule has 18 heavy (non-hydrogen) atoms. The Balaban J connectivity index is 1.74. The van der Waals surface area contributed by atoms with Gasteiger partial charge in [-0.05, 0) is 24.8 Å². The molecular weight excluding hydrogens is 230 g/mol. The molecule has 3 heterocycles. The smallest absolute Gasteiger partial charge is 0.0940 e. The van der Waals surface area contributed by atoms with E-state index in [1.807, 2.05) is 24.0 Å². The number of nitrogens with two attached hydrogens (primary N) is 1. The lowest BCUT2D eigenvalue weighted by atomic mass is 9.80. The predicted molar refractivity (Wildman–Crippen MR) is 67.0 cm³/mol. The van der Waals surface area contributed by atoms with E-state index in [1.54, 1.807) is 0 Å². The van der Waals surface area contributed by atoms with Crippen LogP contribution in [0.5, 0.6) is 0 Å². The normalized spacial score (nSPS) is 34.0. The summed E-state index contributed by atoms with van der Waals surface area (Å²) in [6.45, 7) is 2.33. The van der Waals surface area contributed by atoms with E-state index >= 15 is 0 Å². The highest BCUT2D eigenvalue weighted by Crippen LogP contribution is 2.39. The molecule has 1 aromatic heterocycles. The molecule has 0 aromatic carbocycles. The summed E-state index contributed by atoms with van der Waals surface area (Å²) in [7, 11) is 1.95. The second-order valence-electron chi connectivity index (χ2n) is 5.49. The van der Waals surface area contributed by atoms with Crippen LogP contribution in [0.1, 0.15) is 31.0 Å². The highest BCUT2D eigenvalue weighted by molar-refractivity contribution is 5.09. The molecule has 2 aliphatic rings. The molecule has 0 radical (unpaired) electrons. The van der Waals surface area contributed by atoms with Crippen LogP contribution in [-0.4, -0.2) is 35.2 Å². The SMILES string of the molecule is Cn1nccc1C(N)C1CCOC2(CCOC2)C1. The van der Waals surface area contributed by atoms with E-state index in [4.69, 9.17) is 15.2 Å². The minimum atomic E-state index is -0.0703. The van der Waals surface area contributed by atoms with Gasteiger partial charge in [0.05, 0.1) is 17.9 Å². The van der Waals surface area contributed by atoms with Crippen LogP contribution >= 0.6 is 0 Å². The molecule has 3 unspecified atom stereocenters. The number of aryl methyl sites for hydroxylation is 1. The van der Waals surface area contributed by atoms with Crippen molar-refractivity contribution in [2.75, 3.05) is 19.8 Å². The van der Waals surface area contributed by atoms with Crippen molar-refractivity contribution in [3.8, 4) is 0 Å². The quantitative estimate of drug-likeness (QED) is 0.852. The summed E-state index contributed by atoms with van der Waals surface area (Å²) in [5.74, 6) is 0.454. The second-order valence-corrected chi connectivity index (χ2v) is 5.49. The van der Waals surface area contributed by atoms with Crippen molar-refractivity contribution in [1.82, 2.24) is 9.78 Å². The first-order valence-electron chi connectivity index (χ1n) is 6.65. The molecule has 0 saturated carbocycles. The zero-order chi connectivity index (χ0) is 12.6. The average molecular weight is 251 g/mol. The zero-order valence-electron chi connectivity index (χ0n) is 10.8. The molecule has 5 heteroatoms. The Morgan fingerprint density at radius 3 is 3.11 bits per heavy atom. The lowest BCUT2D eigenvalue weighted by Crippen LogP contribution is -2.43. The Kier molecular flexibility index (Phi) is 3.13. The molecule has 3 atom stereocenters. The number of aromatic nitrogens is 2. The van der Waals surface area contributed by atoms with E-state index in [0.717, 1.165) is 44.8 Å². The molecule has 2 fully saturated rings. The van der Waals surface area contributed by atoms with Crippen LogP contribution in [0, 0.1) is 5.92 Å². The van der Waals surface area contributed by atoms with Crippen molar-refractivity contribution >= 4 is 0 Å². The topological polar surface area (TPSA) is 62.3 Å². The molecule has 0 bridgehead atoms. The summed E-state index contributed by atoms with van der Waals surface area (Å²) in [6.07, 6.45) is 4.83. The molecule has 0 amide bonds. The maximum absolute atomic E-state index is 6.41. The number of ether oxygens (including phenoxy) is 2. The third kappa shape index (κ3) is 2.06. The summed E-state index contributed by atoms with van der Waals surface area (Å²) < 4.78 is 13.3. The number of hydrogen-bond donors (Lipinski definition) is 1. The van der Waals surface area contributed by atoms with Gasteiger partial charge in [0.1, 0.15) is 0 Å². The standard InChI is InChI=1S/C13H21N3O2/c1-16-11(2-5-15-16)12(14)10-3-6-18-13(8-10)4-7-17-9-13/h2,5,10,12H,3-4,6-9,14H2,1H3. The lowest BCUT2D eigenvalue weighted by molar-refractivity contribution is -0.102. The van der Waals surface area contributed by atoms with Crippen molar-refractivity contribution in [1.29, 1.82) is 0 Å². The Morgan fingerprint density at radius 2 is 2.44 bits per heavy atom. The van der Waals surface area contributed by atoms with Crippen LogP contribution in [0.4, 0.5) is 0 Å². The number of rotatable bonds is 2. The summed E-state index contributed by atoms with van der Waals surface area (Å²) in [4.78, 5) is 0. The number of nitrogens with zero attached hydrogens (tertiary/aromatic N) is 2. The van der Waals surface area contributed by atoms with Gasteiger partial charge in [0.25, 0.3) is 0 Å². The largest absolute Gasteiger partial charge is 0.378 e. The number of hydrogen-bond acceptors (Lipinski definition) is 4. The molecule has 0 aliphatic carbocycles. The predicted octanol–water partition coefficient (Wildman–Crippen LogP) is 1.01. The van der Waals surface area contributed by atoms with E-state index in [-0.39, 0.29) is 11.6 Å². The van der Waals surface area contributed by atoms with Gasteiger partial charge in [-0.2, -0.15) is 5.10 Å². The van der Waals surface area contributed by atoms with Gasteiger partial charge in [-0.15, -0.1) is 0 Å². The van der Waals surface area contributed by atoms with Gasteiger partial charge >= 0.3 is 0 Å². The van der Waals surface area contributed by atoms with Crippen LogP contribution in [0.25, 0.3) is 0 Å². The fourth-order valence-electron chi connectivity index (χ4n) is 3.19. The van der Waals surface area contributed by atoms with Gasteiger partial charge in [-0.1, -0.05) is 0 Å². The maximum atomic E-state index is 6.41. The molecule has 2 saturated heterocycles. The summed E-state index contributed by atoms with van der Waals surface area (Å²) in [5, 5.41) is 4.20. The van der Waals surface area contributed by atoms with Crippen LogP contribution in [0.3, 0.4) is 0 Å². The molecular formula is C13H21N3O2. The second kappa shape index (κ2) is 4.64. The summed E-state index contributed by atoms with van der Waals surface area (Å²) in [5.41, 5.74) is 7.45. The van der Waals surface area contributed by atoms with Crippen molar-refractivity contribution in [3.05, 3.63) is 18.0 Å². The highest BCUT2D eigenvalue weighted by atomic mass is 16.6.